The van der Waals surface area contributed by atoms with Gasteiger partial charge in [0.2, 0.25) is 5.91 Å². The lowest BCUT2D eigenvalue weighted by Crippen LogP contribution is -2.40. The molecule has 0 unspecified atom stereocenters. The quantitative estimate of drug-likeness (QED) is 0.802. The number of rotatable bonds is 6. The van der Waals surface area contributed by atoms with Crippen molar-refractivity contribution in [2.75, 3.05) is 19.8 Å². The molecule has 3 nitrogen and oxygen atoms in total. The van der Waals surface area contributed by atoms with Gasteiger partial charge in [0.05, 0.1) is 0 Å². The molecule has 0 aromatic carbocycles. The zero-order chi connectivity index (χ0) is 13.6. The summed E-state index contributed by atoms with van der Waals surface area (Å²) in [7, 11) is 0. The van der Waals surface area contributed by atoms with Crippen molar-refractivity contribution in [3.63, 3.8) is 0 Å². The summed E-state index contributed by atoms with van der Waals surface area (Å²) in [6.45, 7) is 0.352. The van der Waals surface area contributed by atoms with Crippen LogP contribution >= 0.6 is 11.3 Å². The molecule has 7 heteroatoms. The molecule has 102 valence electrons. The summed E-state index contributed by atoms with van der Waals surface area (Å²) in [6.07, 6.45) is -4.40. The average molecular weight is 281 g/mol. The van der Waals surface area contributed by atoms with Gasteiger partial charge in [-0.25, -0.2) is 0 Å². The Bertz CT molecular complexity index is 365. The van der Waals surface area contributed by atoms with Gasteiger partial charge in [0.1, 0.15) is 13.2 Å². The van der Waals surface area contributed by atoms with Crippen LogP contribution in [0.1, 0.15) is 12.5 Å². The Morgan fingerprint density at radius 2 is 2.22 bits per heavy atom. The van der Waals surface area contributed by atoms with Crippen LogP contribution in [0.25, 0.3) is 0 Å². The Kier molecular flexibility index (Phi) is 5.61. The van der Waals surface area contributed by atoms with Crippen molar-refractivity contribution >= 4 is 17.2 Å². The SMILES string of the molecule is CCOCC(=O)N(Cc1ccsc1)CC(F)(F)F. The third-order valence-corrected chi connectivity index (χ3v) is 2.84. The minimum atomic E-state index is -4.40. The molecule has 0 aliphatic heterocycles. The van der Waals surface area contributed by atoms with Crippen molar-refractivity contribution in [3.05, 3.63) is 22.4 Å². The molecule has 0 radical (unpaired) electrons. The second-order valence-corrected chi connectivity index (χ2v) is 4.41. The molecular formula is C11H14F3NO2S. The first-order valence-corrected chi connectivity index (χ1v) is 6.30. The van der Waals surface area contributed by atoms with E-state index in [0.717, 1.165) is 4.90 Å². The van der Waals surface area contributed by atoms with Gasteiger partial charge in [-0.15, -0.1) is 0 Å². The van der Waals surface area contributed by atoms with Crippen LogP contribution in [0.3, 0.4) is 0 Å². The van der Waals surface area contributed by atoms with Crippen molar-refractivity contribution in [2.45, 2.75) is 19.6 Å². The average Bonchev–Trinajstić information content (AvgIpc) is 2.75. The zero-order valence-corrected chi connectivity index (χ0v) is 10.7. The van der Waals surface area contributed by atoms with Crippen molar-refractivity contribution in [2.24, 2.45) is 0 Å². The Hall–Kier alpha value is -1.08. The largest absolute Gasteiger partial charge is 0.406 e. The highest BCUT2D eigenvalue weighted by atomic mass is 32.1. The number of ether oxygens (including phenoxy) is 1. The molecule has 1 rings (SSSR count). The van der Waals surface area contributed by atoms with Crippen LogP contribution < -0.4 is 0 Å². The molecule has 0 saturated carbocycles. The number of hydrogen-bond acceptors (Lipinski definition) is 3. The molecule has 0 atom stereocenters. The first-order valence-electron chi connectivity index (χ1n) is 5.35. The zero-order valence-electron chi connectivity index (χ0n) is 9.87. The summed E-state index contributed by atoms with van der Waals surface area (Å²) < 4.78 is 42.0. The molecule has 1 amide bonds. The molecule has 0 fully saturated rings. The Balaban J connectivity index is 2.65. The molecular weight excluding hydrogens is 267 g/mol. The Labute approximate surface area is 107 Å². The minimum Gasteiger partial charge on any atom is -0.372 e. The fourth-order valence-corrected chi connectivity index (χ4v) is 1.99. The highest BCUT2D eigenvalue weighted by molar-refractivity contribution is 7.07. The first-order chi connectivity index (χ1) is 8.42. The maximum Gasteiger partial charge on any atom is 0.406 e. The fraction of sp³-hybridized carbons (Fsp3) is 0.545. The summed E-state index contributed by atoms with van der Waals surface area (Å²) in [5.41, 5.74) is 0.689. The van der Waals surface area contributed by atoms with Gasteiger partial charge in [0.15, 0.2) is 0 Å². The van der Waals surface area contributed by atoms with E-state index < -0.39 is 18.6 Å². The lowest BCUT2D eigenvalue weighted by atomic mass is 10.3. The van der Waals surface area contributed by atoms with Crippen LogP contribution in [0, 0.1) is 0 Å². The minimum absolute atomic E-state index is 0.0467. The van der Waals surface area contributed by atoms with Gasteiger partial charge < -0.3 is 9.64 Å². The number of carbonyl (C=O) groups excluding carboxylic acids is 1. The monoisotopic (exact) mass is 281 g/mol. The van der Waals surface area contributed by atoms with Crippen molar-refractivity contribution < 1.29 is 22.7 Å². The summed E-state index contributed by atoms with van der Waals surface area (Å²) >= 11 is 1.38. The van der Waals surface area contributed by atoms with Crippen molar-refractivity contribution in [3.8, 4) is 0 Å². The van der Waals surface area contributed by atoms with Crippen LogP contribution in [0.15, 0.2) is 16.8 Å². The third kappa shape index (κ3) is 5.50. The van der Waals surface area contributed by atoms with Crippen molar-refractivity contribution in [1.29, 1.82) is 0 Å². The second-order valence-electron chi connectivity index (χ2n) is 3.63. The first kappa shape index (κ1) is 15.0. The van der Waals surface area contributed by atoms with E-state index >= 15 is 0 Å². The predicted molar refractivity (Wildman–Crippen MR) is 62.3 cm³/mol. The number of carbonyl (C=O) groups is 1. The normalized spacial score (nSPS) is 11.6. The van der Waals surface area contributed by atoms with Gasteiger partial charge in [-0.2, -0.15) is 24.5 Å². The van der Waals surface area contributed by atoms with E-state index in [4.69, 9.17) is 4.74 Å². The van der Waals surface area contributed by atoms with Gasteiger partial charge in [0, 0.05) is 13.2 Å². The topological polar surface area (TPSA) is 29.5 Å². The second kappa shape index (κ2) is 6.75. The highest BCUT2D eigenvalue weighted by Gasteiger charge is 2.33. The smallest absolute Gasteiger partial charge is 0.372 e. The number of nitrogens with zero attached hydrogens (tertiary/aromatic N) is 1. The van der Waals surface area contributed by atoms with Crippen LogP contribution in [-0.4, -0.2) is 36.7 Å². The van der Waals surface area contributed by atoms with E-state index in [1.54, 1.807) is 23.8 Å². The molecule has 0 saturated heterocycles. The molecule has 0 aliphatic carbocycles. The van der Waals surface area contributed by atoms with Crippen LogP contribution in [0.5, 0.6) is 0 Å². The van der Waals surface area contributed by atoms with Gasteiger partial charge in [-0.1, -0.05) is 0 Å². The number of hydrogen-bond donors (Lipinski definition) is 0. The van der Waals surface area contributed by atoms with Crippen molar-refractivity contribution in [1.82, 2.24) is 4.90 Å². The van der Waals surface area contributed by atoms with E-state index in [9.17, 15) is 18.0 Å². The number of thiophene rings is 1. The highest BCUT2D eigenvalue weighted by Crippen LogP contribution is 2.19. The van der Waals surface area contributed by atoms with Gasteiger partial charge in [-0.3, -0.25) is 4.79 Å². The van der Waals surface area contributed by atoms with E-state index in [1.807, 2.05) is 0 Å². The lowest BCUT2D eigenvalue weighted by Gasteiger charge is -2.23. The molecule has 0 aliphatic rings. The van der Waals surface area contributed by atoms with Gasteiger partial charge >= 0.3 is 6.18 Å². The van der Waals surface area contributed by atoms with Crippen LogP contribution in [0.2, 0.25) is 0 Å². The van der Waals surface area contributed by atoms with Gasteiger partial charge in [-0.05, 0) is 29.3 Å². The molecule has 1 heterocycles. The molecule has 0 spiro atoms. The molecule has 1 aromatic heterocycles. The summed E-state index contributed by atoms with van der Waals surface area (Å²) in [6, 6.07) is 1.70. The summed E-state index contributed by atoms with van der Waals surface area (Å²) in [5.74, 6) is -0.652. The lowest BCUT2D eigenvalue weighted by molar-refractivity contribution is -0.165. The van der Waals surface area contributed by atoms with E-state index in [2.05, 4.69) is 0 Å². The van der Waals surface area contributed by atoms with E-state index in [1.165, 1.54) is 11.3 Å². The maximum absolute atomic E-state index is 12.4. The molecule has 18 heavy (non-hydrogen) atoms. The number of halogens is 3. The standard InChI is InChI=1S/C11H14F3NO2S/c1-2-17-6-10(16)15(8-11(12,13)14)5-9-3-4-18-7-9/h3-4,7H,2,5-6,8H2,1H3. The van der Waals surface area contributed by atoms with Crippen LogP contribution in [0.4, 0.5) is 13.2 Å². The van der Waals surface area contributed by atoms with E-state index in [-0.39, 0.29) is 13.2 Å². The van der Waals surface area contributed by atoms with Gasteiger partial charge in [0.25, 0.3) is 0 Å². The third-order valence-electron chi connectivity index (χ3n) is 2.11. The predicted octanol–water partition coefficient (Wildman–Crippen LogP) is 2.68. The molecule has 1 aromatic rings. The van der Waals surface area contributed by atoms with Crippen LogP contribution in [-0.2, 0) is 16.1 Å². The Morgan fingerprint density at radius 3 is 2.72 bits per heavy atom. The molecule has 0 bridgehead atoms. The Morgan fingerprint density at radius 1 is 1.50 bits per heavy atom. The molecule has 0 N–H and O–H groups in total. The number of alkyl halides is 3. The fourth-order valence-electron chi connectivity index (χ4n) is 1.33. The number of amides is 1. The van der Waals surface area contributed by atoms with E-state index in [0.29, 0.717) is 12.2 Å². The summed E-state index contributed by atoms with van der Waals surface area (Å²) in [4.78, 5) is 12.4. The maximum atomic E-state index is 12.4. The summed E-state index contributed by atoms with van der Waals surface area (Å²) in [5, 5.41) is 3.48.